The number of ether oxygens (including phenoxy) is 1. The minimum Gasteiger partial charge on any atom is -0.384 e. The fourth-order valence-electron chi connectivity index (χ4n) is 3.09. The SMILES string of the molecule is COCC1(CNS(=O)(=O)c2cc(C)c(C)cc2[N+](=O)[O-])CCNCC1. The summed E-state index contributed by atoms with van der Waals surface area (Å²) in [6.45, 7) is 5.65. The van der Waals surface area contributed by atoms with Crippen molar-refractivity contribution < 1.29 is 18.1 Å². The zero-order valence-electron chi connectivity index (χ0n) is 14.8. The lowest BCUT2D eigenvalue weighted by molar-refractivity contribution is -0.387. The molecule has 9 heteroatoms. The van der Waals surface area contributed by atoms with E-state index in [-0.39, 0.29) is 16.9 Å². The van der Waals surface area contributed by atoms with Crippen molar-refractivity contribution in [3.05, 3.63) is 33.4 Å². The number of rotatable bonds is 7. The normalized spacial score (nSPS) is 17.4. The van der Waals surface area contributed by atoms with Crippen LogP contribution in [0, 0.1) is 29.4 Å². The first-order valence-electron chi connectivity index (χ1n) is 8.16. The van der Waals surface area contributed by atoms with Crippen molar-refractivity contribution >= 4 is 15.7 Å². The van der Waals surface area contributed by atoms with Gasteiger partial charge in [0, 0.05) is 25.1 Å². The van der Waals surface area contributed by atoms with Crippen molar-refractivity contribution in [3.63, 3.8) is 0 Å². The molecule has 0 spiro atoms. The van der Waals surface area contributed by atoms with Crippen LogP contribution in [0.2, 0.25) is 0 Å². The van der Waals surface area contributed by atoms with E-state index in [1.165, 1.54) is 12.1 Å². The first kappa shape index (κ1) is 19.8. The molecule has 1 fully saturated rings. The van der Waals surface area contributed by atoms with Crippen molar-refractivity contribution in [1.82, 2.24) is 10.0 Å². The first-order chi connectivity index (χ1) is 11.7. The molecule has 140 valence electrons. The smallest absolute Gasteiger partial charge is 0.289 e. The molecule has 0 saturated carbocycles. The largest absolute Gasteiger partial charge is 0.384 e. The summed E-state index contributed by atoms with van der Waals surface area (Å²) >= 11 is 0. The maximum absolute atomic E-state index is 12.7. The summed E-state index contributed by atoms with van der Waals surface area (Å²) in [6.07, 6.45) is 1.55. The molecule has 1 aliphatic rings. The Morgan fingerprint density at radius 2 is 1.88 bits per heavy atom. The lowest BCUT2D eigenvalue weighted by atomic mass is 9.80. The molecule has 1 aromatic rings. The monoisotopic (exact) mass is 371 g/mol. The van der Waals surface area contributed by atoms with Gasteiger partial charge in [-0.15, -0.1) is 0 Å². The predicted octanol–water partition coefficient (Wildman–Crippen LogP) is 1.51. The summed E-state index contributed by atoms with van der Waals surface area (Å²) in [7, 11) is -2.41. The van der Waals surface area contributed by atoms with E-state index < -0.39 is 20.6 Å². The highest BCUT2D eigenvalue weighted by Gasteiger charge is 2.35. The molecule has 0 atom stereocenters. The minimum atomic E-state index is -4.00. The molecule has 0 bridgehead atoms. The number of aryl methyl sites for hydroxylation is 2. The van der Waals surface area contributed by atoms with E-state index in [2.05, 4.69) is 10.0 Å². The highest BCUT2D eigenvalue weighted by Crippen LogP contribution is 2.31. The Hall–Kier alpha value is -1.55. The van der Waals surface area contributed by atoms with Gasteiger partial charge >= 0.3 is 0 Å². The summed E-state index contributed by atoms with van der Waals surface area (Å²) in [5.74, 6) is 0. The van der Waals surface area contributed by atoms with Crippen molar-refractivity contribution in [2.24, 2.45) is 5.41 Å². The third-order valence-electron chi connectivity index (χ3n) is 4.81. The van der Waals surface area contributed by atoms with Gasteiger partial charge in [0.25, 0.3) is 5.69 Å². The molecule has 0 unspecified atom stereocenters. The van der Waals surface area contributed by atoms with Crippen molar-refractivity contribution in [2.75, 3.05) is 33.4 Å². The van der Waals surface area contributed by atoms with E-state index in [9.17, 15) is 18.5 Å². The maximum Gasteiger partial charge on any atom is 0.289 e. The molecule has 2 rings (SSSR count). The lowest BCUT2D eigenvalue weighted by Gasteiger charge is -2.37. The Bertz CT molecular complexity index is 737. The molecule has 1 aromatic carbocycles. The Morgan fingerprint density at radius 1 is 1.28 bits per heavy atom. The highest BCUT2D eigenvalue weighted by molar-refractivity contribution is 7.89. The van der Waals surface area contributed by atoms with Gasteiger partial charge in [0.1, 0.15) is 0 Å². The highest BCUT2D eigenvalue weighted by atomic mass is 32.2. The van der Waals surface area contributed by atoms with Gasteiger partial charge in [-0.05, 0) is 57.0 Å². The number of nitrogens with zero attached hydrogens (tertiary/aromatic N) is 1. The Labute approximate surface area is 148 Å². The van der Waals surface area contributed by atoms with Crippen LogP contribution >= 0.6 is 0 Å². The van der Waals surface area contributed by atoms with Crippen LogP contribution in [0.1, 0.15) is 24.0 Å². The van der Waals surface area contributed by atoms with E-state index >= 15 is 0 Å². The second-order valence-corrected chi connectivity index (χ2v) is 8.40. The van der Waals surface area contributed by atoms with Crippen LogP contribution in [0.25, 0.3) is 0 Å². The second-order valence-electron chi connectivity index (χ2n) is 6.67. The second kappa shape index (κ2) is 7.77. The number of methoxy groups -OCH3 is 1. The predicted molar refractivity (Wildman–Crippen MR) is 94.2 cm³/mol. The fraction of sp³-hybridized carbons (Fsp3) is 0.625. The zero-order chi connectivity index (χ0) is 18.7. The summed E-state index contributed by atoms with van der Waals surface area (Å²) in [6, 6.07) is 2.67. The third kappa shape index (κ3) is 4.55. The molecule has 1 heterocycles. The van der Waals surface area contributed by atoms with E-state index in [1.807, 2.05) is 0 Å². The lowest BCUT2D eigenvalue weighted by Crippen LogP contribution is -2.47. The Morgan fingerprint density at radius 3 is 2.44 bits per heavy atom. The molecular formula is C16H25N3O5S. The number of sulfonamides is 1. The summed E-state index contributed by atoms with van der Waals surface area (Å²) in [5, 5.41) is 14.5. The summed E-state index contributed by atoms with van der Waals surface area (Å²) in [4.78, 5) is 10.3. The van der Waals surface area contributed by atoms with Crippen molar-refractivity contribution in [3.8, 4) is 0 Å². The molecule has 0 aliphatic carbocycles. The Balaban J connectivity index is 2.30. The van der Waals surface area contributed by atoms with E-state index in [0.29, 0.717) is 17.7 Å². The molecule has 8 nitrogen and oxygen atoms in total. The van der Waals surface area contributed by atoms with Gasteiger partial charge in [-0.3, -0.25) is 10.1 Å². The van der Waals surface area contributed by atoms with Crippen LogP contribution in [0.3, 0.4) is 0 Å². The van der Waals surface area contributed by atoms with E-state index in [4.69, 9.17) is 4.74 Å². The van der Waals surface area contributed by atoms with Gasteiger partial charge < -0.3 is 10.1 Å². The average molecular weight is 371 g/mol. The van der Waals surface area contributed by atoms with Gasteiger partial charge in [-0.1, -0.05) is 0 Å². The third-order valence-corrected chi connectivity index (χ3v) is 6.24. The number of hydrogen-bond donors (Lipinski definition) is 2. The number of nitrogens with one attached hydrogen (secondary N) is 2. The van der Waals surface area contributed by atoms with Crippen LogP contribution in [0.4, 0.5) is 5.69 Å². The summed E-state index contributed by atoms with van der Waals surface area (Å²) in [5.41, 5.74) is 0.669. The van der Waals surface area contributed by atoms with Crippen LogP contribution < -0.4 is 10.0 Å². The number of hydrogen-bond acceptors (Lipinski definition) is 6. The standard InChI is InChI=1S/C16H25N3O5S/c1-12-8-14(19(20)21)15(9-13(12)2)25(22,23)18-10-16(11-24-3)4-6-17-7-5-16/h8-9,17-18H,4-7,10-11H2,1-3H3. The summed E-state index contributed by atoms with van der Waals surface area (Å²) < 4.78 is 33.3. The minimum absolute atomic E-state index is 0.189. The molecular weight excluding hydrogens is 346 g/mol. The number of nitro groups is 1. The molecule has 0 radical (unpaired) electrons. The van der Waals surface area contributed by atoms with Crippen LogP contribution in [-0.2, 0) is 14.8 Å². The molecule has 1 aliphatic heterocycles. The Kier molecular flexibility index (Phi) is 6.15. The zero-order valence-corrected chi connectivity index (χ0v) is 15.6. The van der Waals surface area contributed by atoms with Crippen LogP contribution in [0.15, 0.2) is 17.0 Å². The van der Waals surface area contributed by atoms with Crippen molar-refractivity contribution in [2.45, 2.75) is 31.6 Å². The van der Waals surface area contributed by atoms with Gasteiger partial charge in [0.2, 0.25) is 10.0 Å². The van der Waals surface area contributed by atoms with Gasteiger partial charge in [0.05, 0.1) is 11.5 Å². The maximum atomic E-state index is 12.7. The van der Waals surface area contributed by atoms with Gasteiger partial charge in [0.15, 0.2) is 4.90 Å². The van der Waals surface area contributed by atoms with Crippen LogP contribution in [0.5, 0.6) is 0 Å². The molecule has 25 heavy (non-hydrogen) atoms. The van der Waals surface area contributed by atoms with E-state index in [1.54, 1.807) is 21.0 Å². The quantitative estimate of drug-likeness (QED) is 0.555. The molecule has 1 saturated heterocycles. The molecule has 0 amide bonds. The number of benzene rings is 1. The van der Waals surface area contributed by atoms with Gasteiger partial charge in [-0.2, -0.15) is 0 Å². The van der Waals surface area contributed by atoms with E-state index in [0.717, 1.165) is 25.9 Å². The first-order valence-corrected chi connectivity index (χ1v) is 9.64. The molecule has 2 N–H and O–H groups in total. The van der Waals surface area contributed by atoms with Gasteiger partial charge in [-0.25, -0.2) is 13.1 Å². The topological polar surface area (TPSA) is 111 Å². The average Bonchev–Trinajstić information content (AvgIpc) is 2.56. The van der Waals surface area contributed by atoms with Crippen molar-refractivity contribution in [1.29, 1.82) is 0 Å². The fourth-order valence-corrected chi connectivity index (χ4v) is 4.49. The number of piperidine rings is 1. The molecule has 0 aromatic heterocycles. The number of nitro benzene ring substituents is 1. The van der Waals surface area contributed by atoms with Crippen LogP contribution in [-0.4, -0.2) is 46.7 Å².